The van der Waals surface area contributed by atoms with Gasteiger partial charge in [0.25, 0.3) is 0 Å². The molecule has 0 aromatic heterocycles. The molecule has 6 nitrogen and oxygen atoms in total. The second kappa shape index (κ2) is 8.34. The van der Waals surface area contributed by atoms with E-state index in [1.807, 2.05) is 42.5 Å². The smallest absolute Gasteiger partial charge is 0.321 e. The number of halogens is 1. The average molecular weight is 434 g/mol. The van der Waals surface area contributed by atoms with E-state index < -0.39 is 15.3 Å². The van der Waals surface area contributed by atoms with Gasteiger partial charge in [0.2, 0.25) is 10.0 Å². The first-order valence-corrected chi connectivity index (χ1v) is 11.7. The molecular formula is C21H24ClN3O3S. The summed E-state index contributed by atoms with van der Waals surface area (Å²) in [6, 6.07) is 16.4. The third-order valence-electron chi connectivity index (χ3n) is 5.72. The van der Waals surface area contributed by atoms with Crippen LogP contribution in [0, 0.1) is 5.92 Å². The van der Waals surface area contributed by atoms with E-state index in [2.05, 4.69) is 5.32 Å². The molecule has 154 valence electrons. The summed E-state index contributed by atoms with van der Waals surface area (Å²) in [7, 11) is -3.40. The maximum Gasteiger partial charge on any atom is 0.321 e. The first-order chi connectivity index (χ1) is 13.9. The van der Waals surface area contributed by atoms with Gasteiger partial charge in [-0.2, -0.15) is 4.31 Å². The summed E-state index contributed by atoms with van der Waals surface area (Å²) in [4.78, 5) is 14.3. The van der Waals surface area contributed by atoms with Crippen LogP contribution in [0.4, 0.5) is 10.5 Å². The van der Waals surface area contributed by atoms with Gasteiger partial charge in [0.05, 0.1) is 5.25 Å². The highest BCUT2D eigenvalue weighted by Crippen LogP contribution is 2.35. The van der Waals surface area contributed by atoms with E-state index in [9.17, 15) is 13.2 Å². The van der Waals surface area contributed by atoms with Crippen molar-refractivity contribution in [1.82, 2.24) is 9.21 Å². The number of urea groups is 1. The maximum atomic E-state index is 13.1. The minimum atomic E-state index is -3.40. The molecule has 1 N–H and O–H groups in total. The molecule has 2 aromatic carbocycles. The van der Waals surface area contributed by atoms with Gasteiger partial charge in [0.15, 0.2) is 0 Å². The van der Waals surface area contributed by atoms with Crippen LogP contribution in [-0.4, -0.2) is 48.5 Å². The Hall–Kier alpha value is -2.09. The molecular weight excluding hydrogens is 410 g/mol. The van der Waals surface area contributed by atoms with Gasteiger partial charge in [-0.05, 0) is 48.6 Å². The molecule has 29 heavy (non-hydrogen) atoms. The normalized spacial score (nSPS) is 24.0. The summed E-state index contributed by atoms with van der Waals surface area (Å²) in [6.07, 6.45) is 1.14. The van der Waals surface area contributed by atoms with Crippen LogP contribution in [0.3, 0.4) is 0 Å². The van der Waals surface area contributed by atoms with Gasteiger partial charge in [0.1, 0.15) is 0 Å². The number of anilines is 1. The second-order valence-electron chi connectivity index (χ2n) is 7.63. The van der Waals surface area contributed by atoms with Crippen LogP contribution < -0.4 is 5.32 Å². The fourth-order valence-corrected chi connectivity index (χ4v) is 6.65. The third kappa shape index (κ3) is 4.42. The van der Waals surface area contributed by atoms with Gasteiger partial charge >= 0.3 is 6.03 Å². The number of amides is 2. The maximum absolute atomic E-state index is 13.1. The van der Waals surface area contributed by atoms with Crippen LogP contribution in [0.15, 0.2) is 54.6 Å². The molecule has 0 saturated carbocycles. The Morgan fingerprint density at radius 1 is 1.07 bits per heavy atom. The van der Waals surface area contributed by atoms with Crippen molar-refractivity contribution >= 4 is 33.3 Å². The molecule has 0 bridgehead atoms. The molecule has 2 saturated heterocycles. The van der Waals surface area contributed by atoms with Crippen LogP contribution in [0.1, 0.15) is 18.4 Å². The van der Waals surface area contributed by atoms with E-state index in [0.717, 1.165) is 11.3 Å². The van der Waals surface area contributed by atoms with Gasteiger partial charge in [-0.15, -0.1) is 0 Å². The number of hydrogen-bond donors (Lipinski definition) is 1. The molecule has 0 spiro atoms. The third-order valence-corrected chi connectivity index (χ3v) is 8.34. The quantitative estimate of drug-likeness (QED) is 0.800. The molecule has 0 radical (unpaired) electrons. The number of fused-ring (bicyclic) bond motifs is 1. The van der Waals surface area contributed by atoms with Gasteiger partial charge in [-0.1, -0.05) is 41.9 Å². The lowest BCUT2D eigenvalue weighted by Crippen LogP contribution is -2.37. The fraction of sp³-hybridized carbons (Fsp3) is 0.381. The average Bonchev–Trinajstić information content (AvgIpc) is 2.84. The molecule has 2 aliphatic heterocycles. The predicted octanol–water partition coefficient (Wildman–Crippen LogP) is 3.80. The molecule has 2 atom stereocenters. The van der Waals surface area contributed by atoms with E-state index in [1.165, 1.54) is 0 Å². The van der Waals surface area contributed by atoms with E-state index in [4.69, 9.17) is 11.6 Å². The Morgan fingerprint density at radius 3 is 2.59 bits per heavy atom. The number of likely N-dealkylation sites (tertiary alicyclic amines) is 1. The standard InChI is InChI=1S/C21H24ClN3O3S/c22-18-6-4-5-16(13-18)14-25-15-17-9-11-24(12-10-20(17)29(25,27)28)21(26)23-19-7-2-1-3-8-19/h1-8,13,17,20H,9-12,14-15H2,(H,23,26)/t17-,20-/m1/s1. The van der Waals surface area contributed by atoms with E-state index >= 15 is 0 Å². The predicted molar refractivity (Wildman–Crippen MR) is 114 cm³/mol. The molecule has 2 amide bonds. The van der Waals surface area contributed by atoms with Crippen LogP contribution in [-0.2, 0) is 16.6 Å². The number of nitrogens with one attached hydrogen (secondary N) is 1. The van der Waals surface area contributed by atoms with Crippen molar-refractivity contribution in [3.63, 3.8) is 0 Å². The number of carbonyl (C=O) groups excluding carboxylic acids is 1. The number of carbonyl (C=O) groups is 1. The van der Waals surface area contributed by atoms with Gasteiger partial charge in [-0.3, -0.25) is 0 Å². The monoisotopic (exact) mass is 433 g/mol. The lowest BCUT2D eigenvalue weighted by molar-refractivity contribution is 0.212. The summed E-state index contributed by atoms with van der Waals surface area (Å²) in [5, 5.41) is 3.06. The van der Waals surface area contributed by atoms with Crippen molar-refractivity contribution in [3.8, 4) is 0 Å². The largest absolute Gasteiger partial charge is 0.324 e. The molecule has 8 heteroatoms. The van der Waals surface area contributed by atoms with Crippen molar-refractivity contribution < 1.29 is 13.2 Å². The summed E-state index contributed by atoms with van der Waals surface area (Å²) >= 11 is 6.04. The Labute approximate surface area is 176 Å². The summed E-state index contributed by atoms with van der Waals surface area (Å²) < 4.78 is 27.8. The van der Waals surface area contributed by atoms with Crippen LogP contribution >= 0.6 is 11.6 Å². The van der Waals surface area contributed by atoms with Crippen LogP contribution in [0.2, 0.25) is 5.02 Å². The number of hydrogen-bond acceptors (Lipinski definition) is 3. The molecule has 2 heterocycles. The van der Waals surface area contributed by atoms with Crippen molar-refractivity contribution in [3.05, 3.63) is 65.2 Å². The number of rotatable bonds is 3. The Balaban J connectivity index is 1.41. The number of sulfonamides is 1. The number of nitrogens with zero attached hydrogens (tertiary/aromatic N) is 2. The molecule has 2 fully saturated rings. The molecule has 4 rings (SSSR count). The first-order valence-electron chi connectivity index (χ1n) is 9.78. The Bertz CT molecular complexity index is 984. The van der Waals surface area contributed by atoms with Crippen LogP contribution in [0.5, 0.6) is 0 Å². The highest BCUT2D eigenvalue weighted by atomic mass is 35.5. The Kier molecular flexibility index (Phi) is 5.81. The highest BCUT2D eigenvalue weighted by molar-refractivity contribution is 7.90. The van der Waals surface area contributed by atoms with E-state index in [1.54, 1.807) is 21.3 Å². The zero-order valence-electron chi connectivity index (χ0n) is 16.0. The SMILES string of the molecule is O=C(Nc1ccccc1)N1CC[C@@H]2CN(Cc3cccc(Cl)c3)S(=O)(=O)[C@@H]2CC1. The zero-order chi connectivity index (χ0) is 20.4. The molecule has 0 aliphatic carbocycles. The summed E-state index contributed by atoms with van der Waals surface area (Å²) in [5.74, 6) is 0.0358. The van der Waals surface area contributed by atoms with Gasteiger partial charge in [0, 0.05) is 36.9 Å². The zero-order valence-corrected chi connectivity index (χ0v) is 17.6. The lowest BCUT2D eigenvalue weighted by atomic mass is 10.0. The number of benzene rings is 2. The summed E-state index contributed by atoms with van der Waals surface area (Å²) in [6.45, 7) is 1.83. The lowest BCUT2D eigenvalue weighted by Gasteiger charge is -2.22. The van der Waals surface area contributed by atoms with E-state index in [0.29, 0.717) is 44.0 Å². The summed E-state index contributed by atoms with van der Waals surface area (Å²) in [5.41, 5.74) is 1.63. The van der Waals surface area contributed by atoms with Crippen molar-refractivity contribution in [2.75, 3.05) is 25.0 Å². The van der Waals surface area contributed by atoms with Crippen molar-refractivity contribution in [1.29, 1.82) is 0 Å². The molecule has 2 aliphatic rings. The minimum absolute atomic E-state index is 0.0358. The van der Waals surface area contributed by atoms with Gasteiger partial charge < -0.3 is 10.2 Å². The van der Waals surface area contributed by atoms with Gasteiger partial charge in [-0.25, -0.2) is 13.2 Å². The van der Waals surface area contributed by atoms with E-state index in [-0.39, 0.29) is 11.9 Å². The number of para-hydroxylation sites is 1. The highest BCUT2D eigenvalue weighted by Gasteiger charge is 2.47. The minimum Gasteiger partial charge on any atom is -0.324 e. The van der Waals surface area contributed by atoms with Crippen LogP contribution in [0.25, 0.3) is 0 Å². The van der Waals surface area contributed by atoms with Crippen molar-refractivity contribution in [2.45, 2.75) is 24.6 Å². The van der Waals surface area contributed by atoms with Crippen molar-refractivity contribution in [2.24, 2.45) is 5.92 Å². The topological polar surface area (TPSA) is 69.7 Å². The Morgan fingerprint density at radius 2 is 1.83 bits per heavy atom. The first kappa shape index (κ1) is 20.2. The second-order valence-corrected chi connectivity index (χ2v) is 10.2. The fourth-order valence-electron chi connectivity index (χ4n) is 4.22. The molecule has 2 aromatic rings. The molecule has 0 unspecified atom stereocenters.